The number of hydrogen-bond acceptors (Lipinski definition) is 4. The molecule has 0 aliphatic carbocycles. The third kappa shape index (κ3) is 1.71. The highest BCUT2D eigenvalue weighted by Crippen LogP contribution is 2.07. The van der Waals surface area contributed by atoms with E-state index in [0.717, 1.165) is 12.3 Å². The average Bonchev–Trinajstić information content (AvgIpc) is 2.04. The van der Waals surface area contributed by atoms with E-state index in [1.54, 1.807) is 12.4 Å². The second-order valence-electron chi connectivity index (χ2n) is 2.82. The summed E-state index contributed by atoms with van der Waals surface area (Å²) in [5.41, 5.74) is 0. The Morgan fingerprint density at radius 3 is 2.83 bits per heavy atom. The van der Waals surface area contributed by atoms with E-state index in [0.29, 0.717) is 12.6 Å². The normalized spacial score (nSPS) is 21.5. The third-order valence-electron chi connectivity index (χ3n) is 1.91. The number of ether oxygens (including phenoxy) is 1. The molecule has 1 saturated heterocycles. The molecule has 4 nitrogen and oxygen atoms in total. The lowest BCUT2D eigenvalue weighted by atomic mass is 10.1. The SMILES string of the molecule is c1ncc(OCC2CCN2)cn1. The second kappa shape index (κ2) is 3.49. The molecule has 1 aromatic rings. The van der Waals surface area contributed by atoms with Crippen LogP contribution < -0.4 is 10.1 Å². The van der Waals surface area contributed by atoms with E-state index in [1.165, 1.54) is 12.7 Å². The minimum Gasteiger partial charge on any atom is -0.489 e. The summed E-state index contributed by atoms with van der Waals surface area (Å²) in [6.07, 6.45) is 6.04. The molecule has 0 aromatic carbocycles. The third-order valence-corrected chi connectivity index (χ3v) is 1.91. The standard InChI is InChI=1S/C8H11N3O/c1-2-11-7(1)5-12-8-3-9-6-10-4-8/h3-4,6-7,11H,1-2,5H2. The van der Waals surface area contributed by atoms with Crippen LogP contribution in [0.4, 0.5) is 0 Å². The van der Waals surface area contributed by atoms with Gasteiger partial charge in [-0.2, -0.15) is 0 Å². The Labute approximate surface area is 71.0 Å². The molecule has 1 aliphatic heterocycles. The lowest BCUT2D eigenvalue weighted by Crippen LogP contribution is -2.46. The van der Waals surface area contributed by atoms with Crippen LogP contribution in [-0.2, 0) is 0 Å². The molecule has 12 heavy (non-hydrogen) atoms. The van der Waals surface area contributed by atoms with Gasteiger partial charge in [0.1, 0.15) is 12.9 Å². The van der Waals surface area contributed by atoms with Crippen molar-refractivity contribution in [3.8, 4) is 5.75 Å². The number of nitrogens with zero attached hydrogens (tertiary/aromatic N) is 2. The fourth-order valence-electron chi connectivity index (χ4n) is 1.05. The van der Waals surface area contributed by atoms with Crippen LogP contribution in [0.15, 0.2) is 18.7 Å². The van der Waals surface area contributed by atoms with Crippen molar-refractivity contribution in [1.82, 2.24) is 15.3 Å². The molecule has 1 aliphatic rings. The topological polar surface area (TPSA) is 47.0 Å². The predicted octanol–water partition coefficient (Wildman–Crippen LogP) is 0.217. The fourth-order valence-corrected chi connectivity index (χ4v) is 1.05. The average molecular weight is 165 g/mol. The van der Waals surface area contributed by atoms with Crippen LogP contribution in [0, 0.1) is 0 Å². The van der Waals surface area contributed by atoms with E-state index in [-0.39, 0.29) is 0 Å². The largest absolute Gasteiger partial charge is 0.489 e. The van der Waals surface area contributed by atoms with Crippen molar-refractivity contribution in [2.24, 2.45) is 0 Å². The van der Waals surface area contributed by atoms with E-state index in [4.69, 9.17) is 4.74 Å². The molecule has 2 rings (SSSR count). The van der Waals surface area contributed by atoms with Crippen LogP contribution in [0.25, 0.3) is 0 Å². The van der Waals surface area contributed by atoms with Crippen molar-refractivity contribution in [3.63, 3.8) is 0 Å². The number of nitrogens with one attached hydrogen (secondary N) is 1. The van der Waals surface area contributed by atoms with Crippen molar-refractivity contribution in [1.29, 1.82) is 0 Å². The molecule has 1 N–H and O–H groups in total. The van der Waals surface area contributed by atoms with Gasteiger partial charge in [0.15, 0.2) is 5.75 Å². The van der Waals surface area contributed by atoms with Gasteiger partial charge in [0.25, 0.3) is 0 Å². The summed E-state index contributed by atoms with van der Waals surface area (Å²) in [5.74, 6) is 0.742. The Morgan fingerprint density at radius 2 is 2.25 bits per heavy atom. The molecular formula is C8H11N3O. The van der Waals surface area contributed by atoms with Crippen LogP contribution >= 0.6 is 0 Å². The lowest BCUT2D eigenvalue weighted by molar-refractivity contribution is 0.216. The van der Waals surface area contributed by atoms with Crippen molar-refractivity contribution in [2.45, 2.75) is 12.5 Å². The molecule has 0 radical (unpaired) electrons. The molecule has 2 heterocycles. The molecule has 0 spiro atoms. The van der Waals surface area contributed by atoms with Crippen molar-refractivity contribution in [2.75, 3.05) is 13.2 Å². The van der Waals surface area contributed by atoms with Crippen LogP contribution in [0.5, 0.6) is 5.75 Å². The predicted molar refractivity (Wildman–Crippen MR) is 43.9 cm³/mol. The number of aromatic nitrogens is 2. The van der Waals surface area contributed by atoms with Gasteiger partial charge < -0.3 is 10.1 Å². The summed E-state index contributed by atoms with van der Waals surface area (Å²) in [6.45, 7) is 1.83. The van der Waals surface area contributed by atoms with Gasteiger partial charge in [-0.3, -0.25) is 0 Å². The molecule has 1 atom stereocenters. The van der Waals surface area contributed by atoms with Crippen LogP contribution in [0.1, 0.15) is 6.42 Å². The Morgan fingerprint density at radius 1 is 1.50 bits per heavy atom. The van der Waals surface area contributed by atoms with Gasteiger partial charge in [0, 0.05) is 6.04 Å². The maximum Gasteiger partial charge on any atom is 0.155 e. The highest BCUT2D eigenvalue weighted by molar-refractivity contribution is 5.10. The number of hydrogen-bond donors (Lipinski definition) is 1. The molecule has 1 unspecified atom stereocenters. The van der Waals surface area contributed by atoms with Crippen LogP contribution in [-0.4, -0.2) is 29.2 Å². The maximum atomic E-state index is 5.42. The minimum absolute atomic E-state index is 0.519. The lowest BCUT2D eigenvalue weighted by Gasteiger charge is -2.27. The first kappa shape index (κ1) is 7.49. The van der Waals surface area contributed by atoms with Gasteiger partial charge in [-0.15, -0.1) is 0 Å². The van der Waals surface area contributed by atoms with Gasteiger partial charge in [0.2, 0.25) is 0 Å². The Hall–Kier alpha value is -1.16. The van der Waals surface area contributed by atoms with Crippen molar-refractivity contribution < 1.29 is 4.74 Å². The Kier molecular flexibility index (Phi) is 2.18. The minimum atomic E-state index is 0.519. The zero-order chi connectivity index (χ0) is 8.23. The summed E-state index contributed by atoms with van der Waals surface area (Å²) in [6, 6.07) is 0.519. The van der Waals surface area contributed by atoms with Crippen molar-refractivity contribution in [3.05, 3.63) is 18.7 Å². The summed E-state index contributed by atoms with van der Waals surface area (Å²) in [4.78, 5) is 7.70. The van der Waals surface area contributed by atoms with Gasteiger partial charge in [-0.25, -0.2) is 9.97 Å². The molecule has 1 fully saturated rings. The van der Waals surface area contributed by atoms with E-state index < -0.39 is 0 Å². The molecule has 4 heteroatoms. The van der Waals surface area contributed by atoms with E-state index in [9.17, 15) is 0 Å². The van der Waals surface area contributed by atoms with Gasteiger partial charge in [-0.1, -0.05) is 0 Å². The zero-order valence-corrected chi connectivity index (χ0v) is 6.73. The molecule has 0 amide bonds. The van der Waals surface area contributed by atoms with E-state index in [1.807, 2.05) is 0 Å². The quantitative estimate of drug-likeness (QED) is 0.696. The molecule has 64 valence electrons. The first-order valence-corrected chi connectivity index (χ1v) is 4.06. The molecule has 1 aromatic heterocycles. The molecule has 0 bridgehead atoms. The van der Waals surface area contributed by atoms with Gasteiger partial charge in [-0.05, 0) is 13.0 Å². The first-order valence-electron chi connectivity index (χ1n) is 4.06. The van der Waals surface area contributed by atoms with Crippen LogP contribution in [0.3, 0.4) is 0 Å². The van der Waals surface area contributed by atoms with Gasteiger partial charge >= 0.3 is 0 Å². The summed E-state index contributed by atoms with van der Waals surface area (Å²) >= 11 is 0. The van der Waals surface area contributed by atoms with E-state index >= 15 is 0 Å². The summed E-state index contributed by atoms with van der Waals surface area (Å²) in [7, 11) is 0. The second-order valence-corrected chi connectivity index (χ2v) is 2.82. The maximum absolute atomic E-state index is 5.42. The van der Waals surface area contributed by atoms with Crippen molar-refractivity contribution >= 4 is 0 Å². The van der Waals surface area contributed by atoms with Gasteiger partial charge in [0.05, 0.1) is 12.4 Å². The Bertz CT molecular complexity index is 235. The first-order chi connectivity index (χ1) is 5.95. The summed E-state index contributed by atoms with van der Waals surface area (Å²) in [5, 5.41) is 3.25. The smallest absolute Gasteiger partial charge is 0.155 e. The monoisotopic (exact) mass is 165 g/mol. The number of rotatable bonds is 3. The Balaban J connectivity index is 1.79. The van der Waals surface area contributed by atoms with E-state index in [2.05, 4.69) is 15.3 Å². The molecule has 0 saturated carbocycles. The van der Waals surface area contributed by atoms with Crippen LogP contribution in [0.2, 0.25) is 0 Å². The zero-order valence-electron chi connectivity index (χ0n) is 6.73. The summed E-state index contributed by atoms with van der Waals surface area (Å²) < 4.78 is 5.42. The highest BCUT2D eigenvalue weighted by atomic mass is 16.5. The highest BCUT2D eigenvalue weighted by Gasteiger charge is 2.16. The fraction of sp³-hybridized carbons (Fsp3) is 0.500. The molecular weight excluding hydrogens is 154 g/mol.